The molecule has 0 atom stereocenters. The SMILES string of the molecule is CN(C(=O)NC(=O)/C=C/C(=O)O)c1ccncc1. The van der Waals surface area contributed by atoms with Crippen LogP contribution in [0.25, 0.3) is 0 Å². The minimum absolute atomic E-state index is 0.553. The third kappa shape index (κ3) is 4.05. The lowest BCUT2D eigenvalue weighted by Gasteiger charge is -2.16. The van der Waals surface area contributed by atoms with Crippen LogP contribution < -0.4 is 10.2 Å². The number of rotatable bonds is 3. The fourth-order valence-corrected chi connectivity index (χ4v) is 1.06. The highest BCUT2D eigenvalue weighted by Crippen LogP contribution is 2.09. The van der Waals surface area contributed by atoms with Gasteiger partial charge in [-0.2, -0.15) is 0 Å². The van der Waals surface area contributed by atoms with Crippen molar-refractivity contribution in [1.29, 1.82) is 0 Å². The summed E-state index contributed by atoms with van der Waals surface area (Å²) >= 11 is 0. The Morgan fingerprint density at radius 2 is 1.89 bits per heavy atom. The Balaban J connectivity index is 2.61. The van der Waals surface area contributed by atoms with Gasteiger partial charge in [0.2, 0.25) is 0 Å². The van der Waals surface area contributed by atoms with Gasteiger partial charge in [-0.3, -0.25) is 20.0 Å². The average Bonchev–Trinajstić information content (AvgIpc) is 2.36. The second-order valence-electron chi connectivity index (χ2n) is 3.23. The summed E-state index contributed by atoms with van der Waals surface area (Å²) in [7, 11) is 1.47. The number of aromatic nitrogens is 1. The molecule has 1 rings (SSSR count). The van der Waals surface area contributed by atoms with Crippen LogP contribution in [0.15, 0.2) is 36.7 Å². The Labute approximate surface area is 103 Å². The Hall–Kier alpha value is -2.70. The van der Waals surface area contributed by atoms with Crippen molar-refractivity contribution in [3.05, 3.63) is 36.7 Å². The molecule has 7 heteroatoms. The second kappa shape index (κ2) is 6.14. The van der Waals surface area contributed by atoms with Crippen LogP contribution in [0.2, 0.25) is 0 Å². The molecular weight excluding hydrogens is 238 g/mol. The summed E-state index contributed by atoms with van der Waals surface area (Å²) in [5, 5.41) is 10.3. The number of nitrogens with zero attached hydrogens (tertiary/aromatic N) is 2. The zero-order valence-electron chi connectivity index (χ0n) is 9.53. The van der Waals surface area contributed by atoms with Gasteiger partial charge in [-0.05, 0) is 12.1 Å². The topological polar surface area (TPSA) is 99.6 Å². The minimum atomic E-state index is -1.26. The van der Waals surface area contributed by atoms with E-state index in [2.05, 4.69) is 4.98 Å². The molecule has 0 radical (unpaired) electrons. The first-order valence-electron chi connectivity index (χ1n) is 4.90. The largest absolute Gasteiger partial charge is 0.478 e. The number of carbonyl (C=O) groups excluding carboxylic acids is 2. The van der Waals surface area contributed by atoms with Gasteiger partial charge in [0, 0.05) is 37.3 Å². The van der Waals surface area contributed by atoms with Gasteiger partial charge in [-0.25, -0.2) is 9.59 Å². The molecule has 94 valence electrons. The number of imide groups is 1. The van der Waals surface area contributed by atoms with E-state index in [0.29, 0.717) is 11.8 Å². The van der Waals surface area contributed by atoms with Gasteiger partial charge in [0.1, 0.15) is 0 Å². The maximum absolute atomic E-state index is 11.6. The van der Waals surface area contributed by atoms with E-state index in [-0.39, 0.29) is 0 Å². The summed E-state index contributed by atoms with van der Waals surface area (Å²) in [5.74, 6) is -2.07. The summed E-state index contributed by atoms with van der Waals surface area (Å²) < 4.78 is 0. The Morgan fingerprint density at radius 1 is 1.28 bits per heavy atom. The van der Waals surface area contributed by atoms with Crippen LogP contribution >= 0.6 is 0 Å². The zero-order valence-corrected chi connectivity index (χ0v) is 9.53. The van der Waals surface area contributed by atoms with Crippen molar-refractivity contribution in [2.24, 2.45) is 0 Å². The lowest BCUT2D eigenvalue weighted by Crippen LogP contribution is -2.40. The smallest absolute Gasteiger partial charge is 0.328 e. The van der Waals surface area contributed by atoms with Gasteiger partial charge in [-0.15, -0.1) is 0 Å². The molecule has 0 spiro atoms. The fourth-order valence-electron chi connectivity index (χ4n) is 1.06. The van der Waals surface area contributed by atoms with Crippen LogP contribution in [0.5, 0.6) is 0 Å². The molecule has 1 heterocycles. The van der Waals surface area contributed by atoms with E-state index in [1.807, 2.05) is 5.32 Å². The van der Waals surface area contributed by atoms with E-state index >= 15 is 0 Å². The van der Waals surface area contributed by atoms with Crippen molar-refractivity contribution in [2.45, 2.75) is 0 Å². The molecule has 7 nitrogen and oxygen atoms in total. The summed E-state index contributed by atoms with van der Waals surface area (Å²) in [6.07, 6.45) is 4.42. The number of anilines is 1. The third-order valence-corrected chi connectivity index (χ3v) is 1.96. The summed E-state index contributed by atoms with van der Waals surface area (Å²) in [6.45, 7) is 0. The maximum Gasteiger partial charge on any atom is 0.328 e. The summed E-state index contributed by atoms with van der Waals surface area (Å²) in [5.41, 5.74) is 0.553. The third-order valence-electron chi connectivity index (χ3n) is 1.96. The highest BCUT2D eigenvalue weighted by Gasteiger charge is 2.12. The molecule has 18 heavy (non-hydrogen) atoms. The van der Waals surface area contributed by atoms with E-state index in [4.69, 9.17) is 5.11 Å². The molecule has 0 aliphatic carbocycles. The van der Waals surface area contributed by atoms with Crippen LogP contribution in [-0.2, 0) is 9.59 Å². The van der Waals surface area contributed by atoms with Crippen molar-refractivity contribution in [3.63, 3.8) is 0 Å². The molecule has 1 aromatic heterocycles. The fraction of sp³-hybridized carbons (Fsp3) is 0.0909. The van der Waals surface area contributed by atoms with Crippen LogP contribution in [0.3, 0.4) is 0 Å². The maximum atomic E-state index is 11.6. The molecule has 0 saturated carbocycles. The minimum Gasteiger partial charge on any atom is -0.478 e. The molecule has 2 N–H and O–H groups in total. The van der Waals surface area contributed by atoms with Crippen LogP contribution in [0, 0.1) is 0 Å². The van der Waals surface area contributed by atoms with E-state index in [9.17, 15) is 14.4 Å². The molecule has 0 aromatic carbocycles. The number of hydrogen-bond acceptors (Lipinski definition) is 4. The highest BCUT2D eigenvalue weighted by atomic mass is 16.4. The number of carbonyl (C=O) groups is 3. The van der Waals surface area contributed by atoms with Gasteiger partial charge in [0.25, 0.3) is 5.91 Å². The molecular formula is C11H11N3O4. The summed E-state index contributed by atoms with van der Waals surface area (Å²) in [4.78, 5) is 37.9. The standard InChI is InChI=1S/C11H11N3O4/c1-14(8-4-6-12-7-5-8)11(18)13-9(15)2-3-10(16)17/h2-7H,1H3,(H,16,17)(H,13,15,18)/b3-2+. The molecule has 0 fully saturated rings. The van der Waals surface area contributed by atoms with Crippen molar-refractivity contribution < 1.29 is 19.5 Å². The lowest BCUT2D eigenvalue weighted by molar-refractivity contribution is -0.131. The monoisotopic (exact) mass is 249 g/mol. The molecule has 0 bridgehead atoms. The Kier molecular flexibility index (Phi) is 4.56. The van der Waals surface area contributed by atoms with Gasteiger partial charge in [-0.1, -0.05) is 0 Å². The van der Waals surface area contributed by atoms with Gasteiger partial charge >= 0.3 is 12.0 Å². The van der Waals surface area contributed by atoms with Crippen LogP contribution in [-0.4, -0.2) is 35.0 Å². The first kappa shape index (κ1) is 13.4. The van der Waals surface area contributed by atoms with E-state index in [0.717, 1.165) is 6.08 Å². The van der Waals surface area contributed by atoms with Crippen LogP contribution in [0.1, 0.15) is 0 Å². The number of amides is 3. The average molecular weight is 249 g/mol. The molecule has 0 aliphatic heterocycles. The number of urea groups is 1. The van der Waals surface area contributed by atoms with Crippen LogP contribution in [0.4, 0.5) is 10.5 Å². The molecule has 1 aromatic rings. The van der Waals surface area contributed by atoms with E-state index in [1.54, 1.807) is 12.1 Å². The first-order valence-corrected chi connectivity index (χ1v) is 4.90. The van der Waals surface area contributed by atoms with Crippen molar-refractivity contribution in [2.75, 3.05) is 11.9 Å². The number of hydrogen-bond donors (Lipinski definition) is 2. The van der Waals surface area contributed by atoms with Gasteiger partial charge in [0.15, 0.2) is 0 Å². The normalized spacial score (nSPS) is 10.1. The highest BCUT2D eigenvalue weighted by molar-refractivity contribution is 6.07. The molecule has 0 saturated heterocycles. The predicted octanol–water partition coefficient (Wildman–Crippen LogP) is 0.395. The Morgan fingerprint density at radius 3 is 2.44 bits per heavy atom. The van der Waals surface area contributed by atoms with Crippen molar-refractivity contribution >= 4 is 23.6 Å². The number of pyridine rings is 1. The number of nitrogens with one attached hydrogen (secondary N) is 1. The summed E-state index contributed by atoms with van der Waals surface area (Å²) in [6, 6.07) is 2.52. The van der Waals surface area contributed by atoms with Crippen molar-refractivity contribution in [1.82, 2.24) is 10.3 Å². The number of aliphatic carboxylic acids is 1. The quantitative estimate of drug-likeness (QED) is 0.755. The van der Waals surface area contributed by atoms with Gasteiger partial charge < -0.3 is 5.11 Å². The second-order valence-corrected chi connectivity index (χ2v) is 3.23. The predicted molar refractivity (Wildman–Crippen MR) is 63.0 cm³/mol. The number of carboxylic acid groups (broad SMARTS) is 1. The van der Waals surface area contributed by atoms with Gasteiger partial charge in [0.05, 0.1) is 0 Å². The molecule has 0 unspecified atom stereocenters. The van der Waals surface area contributed by atoms with Crippen molar-refractivity contribution in [3.8, 4) is 0 Å². The van der Waals surface area contributed by atoms with E-state index < -0.39 is 17.9 Å². The van der Waals surface area contributed by atoms with E-state index in [1.165, 1.54) is 24.3 Å². The zero-order chi connectivity index (χ0) is 13.5. The first-order chi connectivity index (χ1) is 8.50. The Bertz CT molecular complexity index is 484. The molecule has 3 amide bonds. The lowest BCUT2D eigenvalue weighted by atomic mass is 10.4. The number of carboxylic acids is 1. The molecule has 0 aliphatic rings.